The summed E-state index contributed by atoms with van der Waals surface area (Å²) in [6, 6.07) is 2.44. The molecule has 0 atom stereocenters. The zero-order valence-electron chi connectivity index (χ0n) is 5.33. The van der Waals surface area contributed by atoms with Gasteiger partial charge in [-0.2, -0.15) is 0 Å². The van der Waals surface area contributed by atoms with Gasteiger partial charge in [0.05, 0.1) is 0 Å². The van der Waals surface area contributed by atoms with Crippen molar-refractivity contribution in [1.82, 2.24) is 0 Å². The van der Waals surface area contributed by atoms with Crippen molar-refractivity contribution in [3.05, 3.63) is 29.8 Å². The SMILES string of the molecule is OP(O)c1cc(F)cc(F)c1. The van der Waals surface area contributed by atoms with E-state index in [1.54, 1.807) is 0 Å². The first kappa shape index (κ1) is 8.53. The average Bonchev–Trinajstić information content (AvgIpc) is 1.85. The summed E-state index contributed by atoms with van der Waals surface area (Å²) < 4.78 is 24.7. The third-order valence-electron chi connectivity index (χ3n) is 1.08. The predicted molar refractivity (Wildman–Crippen MR) is 37.3 cm³/mol. The van der Waals surface area contributed by atoms with Crippen molar-refractivity contribution in [2.24, 2.45) is 0 Å². The third kappa shape index (κ3) is 2.19. The van der Waals surface area contributed by atoms with Crippen molar-refractivity contribution in [3.8, 4) is 0 Å². The maximum Gasteiger partial charge on any atom is 0.199 e. The fourth-order valence-electron chi connectivity index (χ4n) is 0.655. The molecule has 1 rings (SSSR count). The van der Waals surface area contributed by atoms with Gasteiger partial charge in [0.15, 0.2) is 8.38 Å². The number of rotatable bonds is 1. The normalized spacial score (nSPS) is 10.6. The molecule has 0 unspecified atom stereocenters. The van der Waals surface area contributed by atoms with Crippen molar-refractivity contribution in [3.63, 3.8) is 0 Å². The summed E-state index contributed by atoms with van der Waals surface area (Å²) in [5.41, 5.74) is 0. The van der Waals surface area contributed by atoms with Gasteiger partial charge in [-0.1, -0.05) is 0 Å². The number of hydrogen-bond acceptors (Lipinski definition) is 2. The topological polar surface area (TPSA) is 40.5 Å². The van der Waals surface area contributed by atoms with Crippen LogP contribution in [-0.2, 0) is 0 Å². The third-order valence-corrected chi connectivity index (χ3v) is 1.80. The van der Waals surface area contributed by atoms with Gasteiger partial charge < -0.3 is 9.79 Å². The minimum atomic E-state index is -2.41. The lowest BCUT2D eigenvalue weighted by Gasteiger charge is -2.01. The van der Waals surface area contributed by atoms with Gasteiger partial charge in [-0.05, 0) is 12.1 Å². The number of halogens is 2. The summed E-state index contributed by atoms with van der Waals surface area (Å²) in [5, 5.41) is -0.127. The highest BCUT2D eigenvalue weighted by atomic mass is 31.2. The van der Waals surface area contributed by atoms with Crippen LogP contribution in [0.1, 0.15) is 0 Å². The summed E-state index contributed by atoms with van der Waals surface area (Å²) in [6.45, 7) is 0. The molecule has 0 bridgehead atoms. The lowest BCUT2D eigenvalue weighted by molar-refractivity contribution is 0.495. The highest BCUT2D eigenvalue weighted by molar-refractivity contribution is 7.54. The second-order valence-electron chi connectivity index (χ2n) is 1.92. The van der Waals surface area contributed by atoms with Crippen LogP contribution in [0.3, 0.4) is 0 Å². The summed E-state index contributed by atoms with van der Waals surface area (Å²) in [6.07, 6.45) is 0. The number of benzene rings is 1. The highest BCUT2D eigenvalue weighted by Crippen LogP contribution is 2.22. The van der Waals surface area contributed by atoms with Crippen molar-refractivity contribution in [2.45, 2.75) is 0 Å². The van der Waals surface area contributed by atoms with E-state index in [0.29, 0.717) is 6.07 Å². The van der Waals surface area contributed by atoms with Crippen LogP contribution in [0.5, 0.6) is 0 Å². The quantitative estimate of drug-likeness (QED) is 0.627. The van der Waals surface area contributed by atoms with Crippen LogP contribution in [0.4, 0.5) is 8.78 Å². The first-order chi connectivity index (χ1) is 5.09. The minimum Gasteiger partial charge on any atom is -0.347 e. The van der Waals surface area contributed by atoms with Gasteiger partial charge in [0.1, 0.15) is 11.6 Å². The van der Waals surface area contributed by atoms with Crippen molar-refractivity contribution in [1.29, 1.82) is 0 Å². The molecule has 0 aliphatic carbocycles. The molecule has 0 aliphatic rings. The first-order valence-electron chi connectivity index (χ1n) is 2.73. The molecule has 0 radical (unpaired) electrons. The molecule has 0 amide bonds. The molecular weight excluding hydrogens is 173 g/mol. The van der Waals surface area contributed by atoms with E-state index < -0.39 is 20.0 Å². The average molecular weight is 178 g/mol. The Hall–Kier alpha value is -0.570. The Morgan fingerprint density at radius 3 is 1.82 bits per heavy atom. The van der Waals surface area contributed by atoms with Crippen LogP contribution in [-0.4, -0.2) is 9.79 Å². The van der Waals surface area contributed by atoms with Crippen LogP contribution < -0.4 is 5.30 Å². The van der Waals surface area contributed by atoms with Crippen LogP contribution in [0.2, 0.25) is 0 Å². The molecular formula is C6H5F2O2P. The fraction of sp³-hybridized carbons (Fsp3) is 0. The molecule has 2 nitrogen and oxygen atoms in total. The van der Waals surface area contributed by atoms with Crippen molar-refractivity contribution >= 4 is 13.7 Å². The van der Waals surface area contributed by atoms with Crippen molar-refractivity contribution in [2.75, 3.05) is 0 Å². The zero-order chi connectivity index (χ0) is 8.43. The fourth-order valence-corrected chi connectivity index (χ4v) is 1.13. The minimum absolute atomic E-state index is 0.127. The van der Waals surface area contributed by atoms with Gasteiger partial charge in [-0.3, -0.25) is 0 Å². The lowest BCUT2D eigenvalue weighted by Crippen LogP contribution is -2.01. The zero-order valence-corrected chi connectivity index (χ0v) is 6.22. The molecule has 2 N–H and O–H groups in total. The van der Waals surface area contributed by atoms with E-state index in [9.17, 15) is 8.78 Å². The summed E-state index contributed by atoms with van der Waals surface area (Å²) >= 11 is 0. The molecule has 0 fully saturated rings. The molecule has 0 saturated carbocycles. The Bertz CT molecular complexity index is 245. The van der Waals surface area contributed by atoms with E-state index in [1.165, 1.54) is 0 Å². The van der Waals surface area contributed by atoms with Gasteiger partial charge in [-0.25, -0.2) is 8.78 Å². The van der Waals surface area contributed by atoms with E-state index in [0.717, 1.165) is 12.1 Å². The number of hydrogen-bond donors (Lipinski definition) is 2. The Balaban J connectivity index is 3.08. The molecule has 5 heteroatoms. The molecule has 0 heterocycles. The van der Waals surface area contributed by atoms with E-state index in [2.05, 4.69) is 0 Å². The second-order valence-corrected chi connectivity index (χ2v) is 3.01. The van der Waals surface area contributed by atoms with E-state index in [1.807, 2.05) is 0 Å². The van der Waals surface area contributed by atoms with Crippen molar-refractivity contribution < 1.29 is 18.6 Å². The molecule has 11 heavy (non-hydrogen) atoms. The maximum atomic E-state index is 12.3. The Morgan fingerprint density at radius 1 is 1.00 bits per heavy atom. The Morgan fingerprint density at radius 2 is 1.45 bits per heavy atom. The molecule has 0 aromatic heterocycles. The van der Waals surface area contributed by atoms with Crippen LogP contribution in [0, 0.1) is 11.6 Å². The lowest BCUT2D eigenvalue weighted by atomic mass is 10.3. The Kier molecular flexibility index (Phi) is 2.49. The summed E-state index contributed by atoms with van der Waals surface area (Å²) in [5.74, 6) is -1.62. The summed E-state index contributed by atoms with van der Waals surface area (Å²) in [4.78, 5) is 17.1. The molecule has 60 valence electrons. The van der Waals surface area contributed by atoms with Crippen LogP contribution >= 0.6 is 8.38 Å². The Labute approximate surface area is 63.0 Å². The van der Waals surface area contributed by atoms with Gasteiger partial charge in [0, 0.05) is 11.4 Å². The van der Waals surface area contributed by atoms with E-state index in [-0.39, 0.29) is 5.30 Å². The monoisotopic (exact) mass is 178 g/mol. The molecule has 1 aromatic carbocycles. The first-order valence-corrected chi connectivity index (χ1v) is 3.98. The smallest absolute Gasteiger partial charge is 0.199 e. The van der Waals surface area contributed by atoms with Crippen LogP contribution in [0.25, 0.3) is 0 Å². The predicted octanol–water partition coefficient (Wildman–Crippen LogP) is 0.887. The largest absolute Gasteiger partial charge is 0.347 e. The van der Waals surface area contributed by atoms with Gasteiger partial charge in [0.2, 0.25) is 0 Å². The molecule has 0 saturated heterocycles. The summed E-state index contributed by atoms with van der Waals surface area (Å²) in [7, 11) is -2.41. The molecule has 0 spiro atoms. The standard InChI is InChI=1S/C6H5F2O2P/c7-4-1-5(8)3-6(2-4)11(9)10/h1-3,9-10H. The highest BCUT2D eigenvalue weighted by Gasteiger charge is 2.06. The van der Waals surface area contributed by atoms with Gasteiger partial charge >= 0.3 is 0 Å². The maximum absolute atomic E-state index is 12.3. The molecule has 1 aromatic rings. The van der Waals surface area contributed by atoms with Gasteiger partial charge in [0.25, 0.3) is 0 Å². The van der Waals surface area contributed by atoms with Gasteiger partial charge in [-0.15, -0.1) is 0 Å². The van der Waals surface area contributed by atoms with Crippen LogP contribution in [0.15, 0.2) is 18.2 Å². The van der Waals surface area contributed by atoms with E-state index >= 15 is 0 Å². The van der Waals surface area contributed by atoms with E-state index in [4.69, 9.17) is 9.79 Å². The molecule has 0 aliphatic heterocycles. The second kappa shape index (κ2) is 3.22.